The van der Waals surface area contributed by atoms with E-state index in [-0.39, 0.29) is 51.0 Å². The van der Waals surface area contributed by atoms with Gasteiger partial charge in [0.2, 0.25) is 11.5 Å². The van der Waals surface area contributed by atoms with Gasteiger partial charge in [-0.15, -0.1) is 0 Å². The SMILES string of the molecule is CC(C)[Si]1(C(C)C)OC[C@H]2O[C@@H](n3cnc4c(Cl)nc(N)nc43)C(O)(C#N)[C@@H]2O[Si](C(C)C)(C(C)C)O1. The quantitative estimate of drug-likeness (QED) is 0.305. The standard InChI is InChI=1S/C23H37ClN6O5Si2/c1-12(2)36(13(3)4)32-9-16-18(34-37(35-36,14(5)6)15(7)8)23(31,10-25)21(33-16)30-11-27-17-19(24)28-22(26)29-20(17)30/h11-16,18,21,31H,9H2,1-8H3,(H2,26,28,29)/t16-,18-,21-,23?/m1/s1. The zero-order chi connectivity index (χ0) is 27.5. The molecule has 4 atom stereocenters. The molecule has 0 radical (unpaired) electrons. The zero-order valence-electron chi connectivity index (χ0n) is 22.6. The van der Waals surface area contributed by atoms with Crippen LogP contribution in [0.15, 0.2) is 6.33 Å². The van der Waals surface area contributed by atoms with Crippen LogP contribution >= 0.6 is 11.6 Å². The van der Waals surface area contributed by atoms with Crippen LogP contribution in [0.3, 0.4) is 0 Å². The van der Waals surface area contributed by atoms with Gasteiger partial charge < -0.3 is 28.5 Å². The number of hydrogen-bond acceptors (Lipinski definition) is 10. The van der Waals surface area contributed by atoms with E-state index in [1.165, 1.54) is 10.9 Å². The Bertz CT molecular complexity index is 1190. The molecule has 1 unspecified atom stereocenters. The molecular formula is C23H37ClN6O5Si2. The van der Waals surface area contributed by atoms with Gasteiger partial charge in [0.05, 0.1) is 12.9 Å². The minimum atomic E-state index is -3.10. The highest BCUT2D eigenvalue weighted by atomic mass is 35.5. The van der Waals surface area contributed by atoms with Gasteiger partial charge in [-0.3, -0.25) is 4.57 Å². The summed E-state index contributed by atoms with van der Waals surface area (Å²) >= 11 is 6.22. The summed E-state index contributed by atoms with van der Waals surface area (Å²) in [4.78, 5) is 12.5. The number of anilines is 1. The number of nitrogen functional groups attached to an aromatic ring is 1. The third-order valence-electron chi connectivity index (χ3n) is 7.60. The maximum Gasteiger partial charge on any atom is 0.335 e. The van der Waals surface area contributed by atoms with Gasteiger partial charge in [-0.25, -0.2) is 4.98 Å². The minimum Gasteiger partial charge on any atom is -0.414 e. The van der Waals surface area contributed by atoms with Crippen LogP contribution in [0.5, 0.6) is 0 Å². The number of fused-ring (bicyclic) bond motifs is 2. The first-order valence-corrected chi connectivity index (χ1v) is 17.0. The molecule has 0 spiro atoms. The summed E-state index contributed by atoms with van der Waals surface area (Å²) in [6.07, 6.45) is -1.56. The van der Waals surface area contributed by atoms with Gasteiger partial charge in [-0.1, -0.05) is 67.0 Å². The number of nitrogens with zero attached hydrogens (tertiary/aromatic N) is 5. The maximum atomic E-state index is 11.9. The van der Waals surface area contributed by atoms with Crippen molar-refractivity contribution in [3.8, 4) is 6.07 Å². The van der Waals surface area contributed by atoms with Gasteiger partial charge in [-0.2, -0.15) is 15.2 Å². The van der Waals surface area contributed by atoms with Crippen molar-refractivity contribution in [2.45, 2.75) is 102 Å². The van der Waals surface area contributed by atoms with Crippen LogP contribution in [0.2, 0.25) is 27.3 Å². The highest BCUT2D eigenvalue weighted by Crippen LogP contribution is 2.50. The highest BCUT2D eigenvalue weighted by Gasteiger charge is 2.66. The average molecular weight is 569 g/mol. The number of rotatable bonds is 5. The van der Waals surface area contributed by atoms with Crippen LogP contribution in [0.4, 0.5) is 5.95 Å². The fourth-order valence-corrected chi connectivity index (χ4v) is 17.1. The molecule has 0 amide bonds. The number of imidazole rings is 1. The molecule has 2 aliphatic rings. The lowest BCUT2D eigenvalue weighted by atomic mass is 9.96. The van der Waals surface area contributed by atoms with E-state index in [9.17, 15) is 10.4 Å². The molecule has 2 saturated heterocycles. The van der Waals surface area contributed by atoms with Gasteiger partial charge in [0.15, 0.2) is 17.0 Å². The Balaban J connectivity index is 1.88. The third kappa shape index (κ3) is 4.31. The first-order chi connectivity index (χ1) is 17.2. The molecule has 0 aliphatic carbocycles. The Labute approximate surface area is 224 Å². The smallest absolute Gasteiger partial charge is 0.335 e. The second-order valence-corrected chi connectivity index (χ2v) is 20.4. The van der Waals surface area contributed by atoms with E-state index in [1.54, 1.807) is 0 Å². The molecule has 2 aromatic heterocycles. The molecule has 4 heterocycles. The van der Waals surface area contributed by atoms with E-state index in [0.717, 1.165) is 0 Å². The zero-order valence-corrected chi connectivity index (χ0v) is 25.4. The molecule has 0 bridgehead atoms. The Morgan fingerprint density at radius 3 is 2.24 bits per heavy atom. The lowest BCUT2D eigenvalue weighted by molar-refractivity contribution is -0.0715. The Hall–Kier alpha value is -1.64. The van der Waals surface area contributed by atoms with Gasteiger partial charge >= 0.3 is 17.1 Å². The number of nitriles is 1. The summed E-state index contributed by atoms with van der Waals surface area (Å²) in [6.45, 7) is 16.9. The fraction of sp³-hybridized carbons (Fsp3) is 0.739. The van der Waals surface area contributed by atoms with Crippen LogP contribution in [0, 0.1) is 11.3 Å². The molecule has 2 aromatic rings. The van der Waals surface area contributed by atoms with E-state index >= 15 is 0 Å². The monoisotopic (exact) mass is 568 g/mol. The lowest BCUT2D eigenvalue weighted by Gasteiger charge is -2.51. The van der Waals surface area contributed by atoms with Crippen LogP contribution in [-0.4, -0.2) is 66.2 Å². The van der Waals surface area contributed by atoms with Crippen LogP contribution in [-0.2, 0) is 17.7 Å². The second-order valence-electron chi connectivity index (χ2n) is 11.2. The van der Waals surface area contributed by atoms with Gasteiger partial charge in [0, 0.05) is 0 Å². The van der Waals surface area contributed by atoms with Crippen LogP contribution in [0.25, 0.3) is 11.2 Å². The highest BCUT2D eigenvalue weighted by molar-refractivity contribution is 6.84. The summed E-state index contributed by atoms with van der Waals surface area (Å²) in [5.41, 5.74) is 4.57. The van der Waals surface area contributed by atoms with Gasteiger partial charge in [0.1, 0.15) is 23.8 Å². The normalized spacial score (nSPS) is 29.6. The minimum absolute atomic E-state index is 0.0154. The van der Waals surface area contributed by atoms with Crippen molar-refractivity contribution in [2.75, 3.05) is 12.3 Å². The van der Waals surface area contributed by atoms with Crippen molar-refractivity contribution in [3.63, 3.8) is 0 Å². The molecule has 204 valence electrons. The maximum absolute atomic E-state index is 11.9. The third-order valence-corrected chi connectivity index (χ3v) is 18.1. The lowest BCUT2D eigenvalue weighted by Crippen LogP contribution is -2.67. The van der Waals surface area contributed by atoms with Gasteiger partial charge in [0.25, 0.3) is 0 Å². The Kier molecular flexibility index (Phi) is 7.54. The van der Waals surface area contributed by atoms with Crippen molar-refractivity contribution >= 4 is 45.8 Å². The number of aromatic nitrogens is 4. The molecule has 0 aromatic carbocycles. The molecule has 4 rings (SSSR count). The summed E-state index contributed by atoms with van der Waals surface area (Å²) in [5, 5.41) is 22.4. The van der Waals surface area contributed by atoms with Crippen molar-refractivity contribution in [1.82, 2.24) is 19.5 Å². The van der Waals surface area contributed by atoms with E-state index in [2.05, 4.69) is 76.4 Å². The first kappa shape index (κ1) is 28.4. The molecule has 37 heavy (non-hydrogen) atoms. The van der Waals surface area contributed by atoms with E-state index < -0.39 is 41.2 Å². The molecule has 3 N–H and O–H groups in total. The predicted molar refractivity (Wildman–Crippen MR) is 143 cm³/mol. The summed E-state index contributed by atoms with van der Waals surface area (Å²) < 4.78 is 28.7. The second kappa shape index (κ2) is 9.84. The van der Waals surface area contributed by atoms with Gasteiger partial charge in [-0.05, 0) is 22.2 Å². The van der Waals surface area contributed by atoms with E-state index in [4.69, 9.17) is 35.0 Å². The molecule has 0 saturated carbocycles. The average Bonchev–Trinajstić information content (AvgIpc) is 3.32. The summed E-state index contributed by atoms with van der Waals surface area (Å²) in [7, 11) is -5.93. The van der Waals surface area contributed by atoms with Crippen LogP contribution < -0.4 is 5.73 Å². The van der Waals surface area contributed by atoms with Crippen molar-refractivity contribution in [1.29, 1.82) is 5.26 Å². The fourth-order valence-electron chi connectivity index (χ4n) is 5.65. The van der Waals surface area contributed by atoms with Crippen molar-refractivity contribution < 1.29 is 22.8 Å². The predicted octanol–water partition coefficient (Wildman–Crippen LogP) is 4.17. The summed E-state index contributed by atoms with van der Waals surface area (Å²) in [6, 6.07) is 2.07. The Morgan fingerprint density at radius 2 is 1.70 bits per heavy atom. The molecule has 14 heteroatoms. The summed E-state index contributed by atoms with van der Waals surface area (Å²) in [5.74, 6) is -0.0626. The number of nitrogens with two attached hydrogens (primary N) is 1. The van der Waals surface area contributed by atoms with E-state index in [0.29, 0.717) is 0 Å². The number of hydrogen-bond donors (Lipinski definition) is 2. The molecule has 11 nitrogen and oxygen atoms in total. The largest absolute Gasteiger partial charge is 0.414 e. The topological polar surface area (TPSA) is 151 Å². The number of ether oxygens (including phenoxy) is 1. The Morgan fingerprint density at radius 1 is 1.11 bits per heavy atom. The van der Waals surface area contributed by atoms with Crippen LogP contribution in [0.1, 0.15) is 61.6 Å². The first-order valence-electron chi connectivity index (χ1n) is 12.7. The van der Waals surface area contributed by atoms with Crippen molar-refractivity contribution in [2.24, 2.45) is 0 Å². The number of aliphatic hydroxyl groups is 1. The molecule has 2 aliphatic heterocycles. The molecule has 2 fully saturated rings. The molecular weight excluding hydrogens is 532 g/mol. The van der Waals surface area contributed by atoms with Crippen molar-refractivity contribution in [3.05, 3.63) is 11.5 Å². The number of halogens is 1. The van der Waals surface area contributed by atoms with E-state index in [1.807, 2.05) is 0 Å².